The van der Waals surface area contributed by atoms with Gasteiger partial charge in [-0.2, -0.15) is 0 Å². The third-order valence-electron chi connectivity index (χ3n) is 4.14. The van der Waals surface area contributed by atoms with Crippen LogP contribution in [0.25, 0.3) is 0 Å². The van der Waals surface area contributed by atoms with E-state index in [1.165, 1.54) is 25.7 Å². The van der Waals surface area contributed by atoms with Gasteiger partial charge in [0.25, 0.3) is 0 Å². The lowest BCUT2D eigenvalue weighted by Crippen LogP contribution is -2.37. The van der Waals surface area contributed by atoms with E-state index < -0.39 is 0 Å². The number of carbonyl (C=O) groups excluding carboxylic acids is 1. The Morgan fingerprint density at radius 1 is 1.16 bits per heavy atom. The second-order valence-corrected chi connectivity index (χ2v) is 5.51. The summed E-state index contributed by atoms with van der Waals surface area (Å²) in [6, 6.07) is 9.88. The SMILES string of the molecule is NCC1CCCCC1CNC(=O)Cc1ccccc1. The molecule has 2 rings (SSSR count). The lowest BCUT2D eigenvalue weighted by molar-refractivity contribution is -0.120. The second-order valence-electron chi connectivity index (χ2n) is 5.51. The summed E-state index contributed by atoms with van der Waals surface area (Å²) in [5.74, 6) is 1.27. The van der Waals surface area contributed by atoms with Crippen molar-refractivity contribution >= 4 is 5.91 Å². The van der Waals surface area contributed by atoms with Gasteiger partial charge in [-0.05, 0) is 36.8 Å². The minimum Gasteiger partial charge on any atom is -0.356 e. The lowest BCUT2D eigenvalue weighted by atomic mass is 9.79. The normalized spacial score (nSPS) is 23.0. The average Bonchev–Trinajstić information content (AvgIpc) is 2.46. The molecule has 0 aromatic heterocycles. The largest absolute Gasteiger partial charge is 0.356 e. The van der Waals surface area contributed by atoms with Gasteiger partial charge in [-0.15, -0.1) is 0 Å². The van der Waals surface area contributed by atoms with Crippen LogP contribution in [0.5, 0.6) is 0 Å². The van der Waals surface area contributed by atoms with E-state index in [0.717, 1.165) is 18.7 Å². The molecule has 1 aliphatic carbocycles. The molecule has 0 aliphatic heterocycles. The van der Waals surface area contributed by atoms with Crippen LogP contribution in [0.15, 0.2) is 30.3 Å². The predicted molar refractivity (Wildman–Crippen MR) is 77.7 cm³/mol. The van der Waals surface area contributed by atoms with E-state index in [9.17, 15) is 4.79 Å². The van der Waals surface area contributed by atoms with E-state index >= 15 is 0 Å². The van der Waals surface area contributed by atoms with Crippen LogP contribution in [0.3, 0.4) is 0 Å². The maximum absolute atomic E-state index is 11.9. The van der Waals surface area contributed by atoms with Gasteiger partial charge in [-0.25, -0.2) is 0 Å². The molecule has 104 valence electrons. The first-order valence-corrected chi connectivity index (χ1v) is 7.30. The van der Waals surface area contributed by atoms with E-state index in [0.29, 0.717) is 18.3 Å². The topological polar surface area (TPSA) is 55.1 Å². The number of carbonyl (C=O) groups is 1. The van der Waals surface area contributed by atoms with Crippen LogP contribution < -0.4 is 11.1 Å². The standard InChI is InChI=1S/C16H24N2O/c17-11-14-8-4-5-9-15(14)12-18-16(19)10-13-6-2-1-3-7-13/h1-3,6-7,14-15H,4-5,8-12,17H2,(H,18,19). The predicted octanol–water partition coefficient (Wildman–Crippen LogP) is 2.11. The first-order chi connectivity index (χ1) is 9.29. The van der Waals surface area contributed by atoms with Crippen molar-refractivity contribution in [3.63, 3.8) is 0 Å². The molecule has 1 aromatic carbocycles. The van der Waals surface area contributed by atoms with Crippen LogP contribution in [-0.2, 0) is 11.2 Å². The van der Waals surface area contributed by atoms with Crippen molar-refractivity contribution in [3.05, 3.63) is 35.9 Å². The van der Waals surface area contributed by atoms with Crippen LogP contribution in [0.1, 0.15) is 31.2 Å². The van der Waals surface area contributed by atoms with Crippen LogP contribution in [0.2, 0.25) is 0 Å². The first kappa shape index (κ1) is 14.1. The van der Waals surface area contributed by atoms with Crippen molar-refractivity contribution in [1.29, 1.82) is 0 Å². The average molecular weight is 260 g/mol. The second kappa shape index (κ2) is 7.29. The minimum atomic E-state index is 0.118. The van der Waals surface area contributed by atoms with Gasteiger partial charge < -0.3 is 11.1 Å². The van der Waals surface area contributed by atoms with Gasteiger partial charge in [0.05, 0.1) is 6.42 Å². The molecular formula is C16H24N2O. The fourth-order valence-electron chi connectivity index (χ4n) is 2.95. The summed E-state index contributed by atoms with van der Waals surface area (Å²) in [6.07, 6.45) is 5.45. The molecule has 1 fully saturated rings. The molecule has 0 radical (unpaired) electrons. The minimum absolute atomic E-state index is 0.118. The number of nitrogens with two attached hydrogens (primary N) is 1. The summed E-state index contributed by atoms with van der Waals surface area (Å²) in [4.78, 5) is 11.9. The quantitative estimate of drug-likeness (QED) is 0.852. The van der Waals surface area contributed by atoms with Crippen molar-refractivity contribution in [2.24, 2.45) is 17.6 Å². The van der Waals surface area contributed by atoms with Crippen molar-refractivity contribution in [3.8, 4) is 0 Å². The summed E-state index contributed by atoms with van der Waals surface area (Å²) in [5, 5.41) is 3.07. The zero-order valence-electron chi connectivity index (χ0n) is 11.5. The van der Waals surface area contributed by atoms with E-state index in [2.05, 4.69) is 5.32 Å². The Balaban J connectivity index is 1.76. The zero-order valence-corrected chi connectivity index (χ0v) is 11.5. The summed E-state index contributed by atoms with van der Waals surface area (Å²) in [5.41, 5.74) is 6.88. The highest BCUT2D eigenvalue weighted by molar-refractivity contribution is 5.78. The van der Waals surface area contributed by atoms with Crippen LogP contribution in [0, 0.1) is 11.8 Å². The zero-order chi connectivity index (χ0) is 13.5. The van der Waals surface area contributed by atoms with Gasteiger partial charge in [-0.3, -0.25) is 4.79 Å². The van der Waals surface area contributed by atoms with Crippen molar-refractivity contribution in [1.82, 2.24) is 5.32 Å². The molecule has 0 heterocycles. The molecule has 2 atom stereocenters. The van der Waals surface area contributed by atoms with Gasteiger partial charge in [0.2, 0.25) is 5.91 Å². The van der Waals surface area contributed by atoms with Gasteiger partial charge in [0.15, 0.2) is 0 Å². The Hall–Kier alpha value is -1.35. The number of hydrogen-bond donors (Lipinski definition) is 2. The molecule has 19 heavy (non-hydrogen) atoms. The number of nitrogens with one attached hydrogen (secondary N) is 1. The molecule has 1 amide bonds. The highest BCUT2D eigenvalue weighted by Gasteiger charge is 2.24. The maximum atomic E-state index is 11.9. The van der Waals surface area contributed by atoms with Gasteiger partial charge in [0.1, 0.15) is 0 Å². The van der Waals surface area contributed by atoms with Gasteiger partial charge in [-0.1, -0.05) is 43.2 Å². The van der Waals surface area contributed by atoms with E-state index in [1.807, 2.05) is 30.3 Å². The molecular weight excluding hydrogens is 236 g/mol. The fourth-order valence-corrected chi connectivity index (χ4v) is 2.95. The summed E-state index contributed by atoms with van der Waals surface area (Å²) < 4.78 is 0. The van der Waals surface area contributed by atoms with E-state index in [4.69, 9.17) is 5.73 Å². The molecule has 1 aliphatic rings. The Kier molecular flexibility index (Phi) is 5.40. The van der Waals surface area contributed by atoms with E-state index in [-0.39, 0.29) is 5.91 Å². The van der Waals surface area contributed by atoms with Crippen LogP contribution in [0.4, 0.5) is 0 Å². The lowest BCUT2D eigenvalue weighted by Gasteiger charge is -2.30. The number of rotatable bonds is 5. The molecule has 0 spiro atoms. The Morgan fingerprint density at radius 3 is 2.53 bits per heavy atom. The van der Waals surface area contributed by atoms with Crippen LogP contribution >= 0.6 is 0 Å². The fraction of sp³-hybridized carbons (Fsp3) is 0.562. The highest BCUT2D eigenvalue weighted by atomic mass is 16.1. The summed E-state index contributed by atoms with van der Waals surface area (Å²) in [7, 11) is 0. The molecule has 1 saturated carbocycles. The third kappa shape index (κ3) is 4.35. The molecule has 3 nitrogen and oxygen atoms in total. The molecule has 0 saturated heterocycles. The number of hydrogen-bond acceptors (Lipinski definition) is 2. The van der Waals surface area contributed by atoms with Crippen molar-refractivity contribution in [2.75, 3.05) is 13.1 Å². The Bertz CT molecular complexity index is 391. The third-order valence-corrected chi connectivity index (χ3v) is 4.14. The Morgan fingerprint density at radius 2 is 1.84 bits per heavy atom. The van der Waals surface area contributed by atoms with Crippen molar-refractivity contribution in [2.45, 2.75) is 32.1 Å². The number of amides is 1. The first-order valence-electron chi connectivity index (χ1n) is 7.30. The molecule has 2 unspecified atom stereocenters. The molecule has 0 bridgehead atoms. The summed E-state index contributed by atoms with van der Waals surface area (Å²) >= 11 is 0. The molecule has 3 N–H and O–H groups in total. The monoisotopic (exact) mass is 260 g/mol. The Labute approximate surface area is 115 Å². The number of benzene rings is 1. The summed E-state index contributed by atoms with van der Waals surface area (Å²) in [6.45, 7) is 1.53. The maximum Gasteiger partial charge on any atom is 0.224 e. The highest BCUT2D eigenvalue weighted by Crippen LogP contribution is 2.28. The van der Waals surface area contributed by atoms with Gasteiger partial charge in [0, 0.05) is 6.54 Å². The van der Waals surface area contributed by atoms with Gasteiger partial charge >= 0.3 is 0 Å². The van der Waals surface area contributed by atoms with Crippen LogP contribution in [-0.4, -0.2) is 19.0 Å². The molecule has 1 aromatic rings. The molecule has 3 heteroatoms. The van der Waals surface area contributed by atoms with E-state index in [1.54, 1.807) is 0 Å². The van der Waals surface area contributed by atoms with Crippen molar-refractivity contribution < 1.29 is 4.79 Å². The smallest absolute Gasteiger partial charge is 0.224 e.